The Morgan fingerprint density at radius 3 is 1.15 bits per heavy atom. The summed E-state index contributed by atoms with van der Waals surface area (Å²) in [5.74, 6) is -0.530. The van der Waals surface area contributed by atoms with Gasteiger partial charge in [0.15, 0.2) is 0 Å². The molecule has 84 heavy (non-hydrogen) atoms. The molecule has 0 saturated heterocycles. The van der Waals surface area contributed by atoms with E-state index in [1.54, 1.807) is 0 Å². The Morgan fingerprint density at radius 2 is 0.762 bits per heavy atom. The molecule has 9 nitrogen and oxygen atoms in total. The fraction of sp³-hybridized carbons (Fsp3) is 0.757. The van der Waals surface area contributed by atoms with Crippen LogP contribution in [-0.4, -0.2) is 74.3 Å². The molecule has 3 atom stereocenters. The van der Waals surface area contributed by atoms with Crippen LogP contribution >= 0.6 is 7.82 Å². The Morgan fingerprint density at radius 1 is 0.429 bits per heavy atom. The van der Waals surface area contributed by atoms with Gasteiger partial charge >= 0.3 is 13.8 Å². The molecule has 1 amide bonds. The van der Waals surface area contributed by atoms with E-state index < -0.39 is 20.0 Å². The predicted molar refractivity (Wildman–Crippen MR) is 364 cm³/mol. The summed E-state index contributed by atoms with van der Waals surface area (Å²) >= 11 is 0. The van der Waals surface area contributed by atoms with Gasteiger partial charge in [-0.25, -0.2) is 4.57 Å². The van der Waals surface area contributed by atoms with Gasteiger partial charge in [0.1, 0.15) is 19.3 Å². The number of rotatable bonds is 63. The highest BCUT2D eigenvalue weighted by molar-refractivity contribution is 7.47. The molecule has 0 radical (unpaired) electrons. The fourth-order valence-electron chi connectivity index (χ4n) is 9.88. The van der Waals surface area contributed by atoms with Crippen molar-refractivity contribution in [2.75, 3.05) is 40.9 Å². The van der Waals surface area contributed by atoms with E-state index in [2.05, 4.69) is 111 Å². The maximum atomic E-state index is 13.6. The summed E-state index contributed by atoms with van der Waals surface area (Å²) in [7, 11) is 1.47. The van der Waals surface area contributed by atoms with E-state index in [-0.39, 0.29) is 31.5 Å². The lowest BCUT2D eigenvalue weighted by Gasteiger charge is -2.27. The lowest BCUT2D eigenvalue weighted by atomic mass is 10.0. The van der Waals surface area contributed by atoms with E-state index >= 15 is 0 Å². The number of carbonyl (C=O) groups is 2. The molecular weight excluding hydrogens is 1060 g/mol. The third-order valence-electron chi connectivity index (χ3n) is 15.3. The second-order valence-electron chi connectivity index (χ2n) is 24.7. The van der Waals surface area contributed by atoms with E-state index in [9.17, 15) is 19.0 Å². The van der Waals surface area contributed by atoms with E-state index in [1.165, 1.54) is 167 Å². The predicted octanol–water partition coefficient (Wildman–Crippen LogP) is 22.3. The maximum absolute atomic E-state index is 13.6. The number of hydrogen-bond donors (Lipinski definition) is 2. The number of nitrogens with one attached hydrogen (secondary N) is 1. The molecular formula is C74H134N2O7P+. The van der Waals surface area contributed by atoms with Crippen molar-refractivity contribution in [1.82, 2.24) is 5.32 Å². The zero-order valence-corrected chi connectivity index (χ0v) is 56.5. The monoisotopic (exact) mass is 1190 g/mol. The first kappa shape index (κ1) is 80.9. The van der Waals surface area contributed by atoms with E-state index in [0.717, 1.165) is 103 Å². The molecule has 0 aromatic heterocycles. The number of carbonyl (C=O) groups excluding carboxylic acids is 2. The molecule has 0 saturated carbocycles. The molecule has 0 aliphatic rings. The Bertz CT molecular complexity index is 1760. The van der Waals surface area contributed by atoms with E-state index in [0.29, 0.717) is 23.9 Å². The van der Waals surface area contributed by atoms with Crippen LogP contribution in [0.1, 0.15) is 310 Å². The molecule has 0 heterocycles. The topological polar surface area (TPSA) is 111 Å². The Balaban J connectivity index is 5.15. The van der Waals surface area contributed by atoms with Gasteiger partial charge in [0.2, 0.25) is 5.91 Å². The third-order valence-corrected chi connectivity index (χ3v) is 16.2. The standard InChI is InChI=1S/C74H133N2O7P/c1-7-10-13-16-19-22-25-28-30-32-34-36-38-40-42-44-46-48-51-54-57-60-63-66-73(77)75-71(70-82-84(79,80)81-69-68-76(4,5)6)72(65-62-59-56-53-50-27-24-21-18-15-12-9-3)83-74(78)67-64-61-58-55-52-49-47-45-43-41-39-37-35-33-31-29-26-23-20-17-14-11-8-2/h10,13,19,22,28-31,34,36,40,42,46,48,62,65,71-72H,7-9,11-12,14-18,20-21,23-27,32-33,35,37-39,41,43-45,47,49-61,63-64,66-70H2,1-6H3,(H-,75,77,79,80)/p+1/b13-10-,22-19-,30-28-,31-29+,36-34-,42-40-,48-46-,65-62+. The Hall–Kier alpha value is -3.07. The van der Waals surface area contributed by atoms with Crippen LogP contribution in [-0.2, 0) is 27.9 Å². The van der Waals surface area contributed by atoms with Gasteiger partial charge in [-0.2, -0.15) is 0 Å². The van der Waals surface area contributed by atoms with Gasteiger partial charge in [-0.05, 0) is 109 Å². The summed E-state index contributed by atoms with van der Waals surface area (Å²) in [6.07, 6.45) is 85.6. The van der Waals surface area contributed by atoms with Crippen molar-refractivity contribution in [3.63, 3.8) is 0 Å². The number of hydrogen-bond acceptors (Lipinski definition) is 6. The van der Waals surface area contributed by atoms with Crippen LogP contribution in [0.15, 0.2) is 97.2 Å². The molecule has 10 heteroatoms. The number of phosphoric ester groups is 1. The molecule has 0 aromatic rings. The Kier molecular flexibility index (Phi) is 60.7. The Labute approximate surface area is 519 Å². The first-order valence-corrected chi connectivity index (χ1v) is 36.6. The zero-order valence-electron chi connectivity index (χ0n) is 55.6. The SMILES string of the molecule is CC/C=C\C/C=C\C/C=C\C/C=C\C/C=C\C/C=C\CCCCCCC(=O)NC(COP(=O)(O)OCC[N+](C)(C)C)C(/C=C/CCCCCCCCCCCC)OC(=O)CCCCCCCCCCCCCCC/C=C/CCCCCCCC. The minimum atomic E-state index is -4.47. The number of ether oxygens (including phenoxy) is 1. The largest absolute Gasteiger partial charge is 0.472 e. The van der Waals surface area contributed by atoms with Crippen molar-refractivity contribution < 1.29 is 37.3 Å². The van der Waals surface area contributed by atoms with Gasteiger partial charge in [0.25, 0.3) is 0 Å². The summed E-state index contributed by atoms with van der Waals surface area (Å²) in [5, 5.41) is 3.05. The number of esters is 1. The van der Waals surface area contributed by atoms with Crippen LogP contribution in [0.25, 0.3) is 0 Å². The van der Waals surface area contributed by atoms with E-state index in [1.807, 2.05) is 33.3 Å². The minimum Gasteiger partial charge on any atom is -0.456 e. The average Bonchev–Trinajstić information content (AvgIpc) is 3.64. The molecule has 0 bridgehead atoms. The fourth-order valence-corrected chi connectivity index (χ4v) is 10.6. The molecule has 0 aromatic carbocycles. The van der Waals surface area contributed by atoms with Gasteiger partial charge in [0.05, 0.1) is 33.8 Å². The summed E-state index contributed by atoms with van der Waals surface area (Å²) < 4.78 is 30.8. The summed E-state index contributed by atoms with van der Waals surface area (Å²) in [6, 6.07) is -0.868. The molecule has 0 aliphatic heterocycles. The number of nitrogens with zero attached hydrogens (tertiary/aromatic N) is 1. The number of unbranched alkanes of at least 4 members (excludes halogenated alkanes) is 33. The summed E-state index contributed by atoms with van der Waals surface area (Å²) in [5.41, 5.74) is 0. The molecule has 3 unspecified atom stereocenters. The summed E-state index contributed by atoms with van der Waals surface area (Å²) in [4.78, 5) is 37.9. The molecule has 0 fully saturated rings. The zero-order chi connectivity index (χ0) is 61.4. The highest BCUT2D eigenvalue weighted by Gasteiger charge is 2.30. The van der Waals surface area contributed by atoms with Crippen molar-refractivity contribution in [1.29, 1.82) is 0 Å². The van der Waals surface area contributed by atoms with Gasteiger partial charge < -0.3 is 19.4 Å². The molecule has 0 rings (SSSR count). The van der Waals surface area contributed by atoms with Gasteiger partial charge in [-0.3, -0.25) is 18.6 Å². The van der Waals surface area contributed by atoms with Gasteiger partial charge in [-0.15, -0.1) is 0 Å². The van der Waals surface area contributed by atoms with Crippen molar-refractivity contribution in [2.45, 2.75) is 322 Å². The number of likely N-dealkylation sites (N-methyl/N-ethyl adjacent to an activating group) is 1. The lowest BCUT2D eigenvalue weighted by Crippen LogP contribution is -2.47. The van der Waals surface area contributed by atoms with Crippen LogP contribution in [0.4, 0.5) is 0 Å². The normalized spacial score (nSPS) is 14.1. The second kappa shape index (κ2) is 63.0. The number of phosphoric acid groups is 1. The molecule has 486 valence electrons. The van der Waals surface area contributed by atoms with Crippen molar-refractivity contribution >= 4 is 19.7 Å². The van der Waals surface area contributed by atoms with Crippen LogP contribution in [0.5, 0.6) is 0 Å². The second-order valence-corrected chi connectivity index (χ2v) is 26.1. The molecule has 2 N–H and O–H groups in total. The highest BCUT2D eigenvalue weighted by Crippen LogP contribution is 2.43. The van der Waals surface area contributed by atoms with Crippen LogP contribution < -0.4 is 5.32 Å². The van der Waals surface area contributed by atoms with E-state index in [4.69, 9.17) is 13.8 Å². The quantitative estimate of drug-likeness (QED) is 0.0205. The smallest absolute Gasteiger partial charge is 0.456 e. The van der Waals surface area contributed by atoms with Crippen molar-refractivity contribution in [3.8, 4) is 0 Å². The van der Waals surface area contributed by atoms with Crippen molar-refractivity contribution in [2.24, 2.45) is 0 Å². The number of amides is 1. The summed E-state index contributed by atoms with van der Waals surface area (Å²) in [6.45, 7) is 6.89. The van der Waals surface area contributed by atoms with Crippen molar-refractivity contribution in [3.05, 3.63) is 97.2 Å². The minimum absolute atomic E-state index is 0.0313. The van der Waals surface area contributed by atoms with Gasteiger partial charge in [0, 0.05) is 12.8 Å². The third kappa shape index (κ3) is 63.4. The number of allylic oxidation sites excluding steroid dienone is 15. The number of quaternary nitrogens is 1. The first-order valence-electron chi connectivity index (χ1n) is 35.1. The first-order chi connectivity index (χ1) is 40.9. The molecule has 0 spiro atoms. The van der Waals surface area contributed by atoms with Gasteiger partial charge in [-0.1, -0.05) is 285 Å². The maximum Gasteiger partial charge on any atom is 0.472 e. The van der Waals surface area contributed by atoms with Crippen LogP contribution in [0.2, 0.25) is 0 Å². The van der Waals surface area contributed by atoms with Crippen LogP contribution in [0, 0.1) is 0 Å². The highest BCUT2D eigenvalue weighted by atomic mass is 31.2. The van der Waals surface area contributed by atoms with Crippen LogP contribution in [0.3, 0.4) is 0 Å². The molecule has 0 aliphatic carbocycles. The lowest BCUT2D eigenvalue weighted by molar-refractivity contribution is -0.870. The average molecular weight is 1190 g/mol.